The summed E-state index contributed by atoms with van der Waals surface area (Å²) in [5.41, 5.74) is 3.05. The number of cyclic esters (lactones) is 1. The van der Waals surface area contributed by atoms with Crippen molar-refractivity contribution in [2.24, 2.45) is 0 Å². The molecule has 1 fully saturated rings. The highest BCUT2D eigenvalue weighted by molar-refractivity contribution is 5.90. The fourth-order valence-electron chi connectivity index (χ4n) is 5.13. The zero-order valence-electron chi connectivity index (χ0n) is 27.6. The third kappa shape index (κ3) is 8.87. The maximum atomic E-state index is 15.3. The van der Waals surface area contributed by atoms with Gasteiger partial charge in [-0.25, -0.2) is 18.7 Å². The van der Waals surface area contributed by atoms with Crippen LogP contribution < -0.4 is 15.0 Å². The Bertz CT molecular complexity index is 1750. The molecule has 1 aliphatic rings. The molecule has 1 aromatic heterocycles. The number of carbonyl (C=O) groups is 3. The molecule has 2 heterocycles. The topological polar surface area (TPSA) is 128 Å². The van der Waals surface area contributed by atoms with Crippen molar-refractivity contribution in [2.45, 2.75) is 59.0 Å². The largest absolute Gasteiger partial charge is 0.497 e. The first kappa shape index (κ1) is 33.9. The molecule has 0 spiro atoms. The highest BCUT2D eigenvalue weighted by Crippen LogP contribution is 2.30. The van der Waals surface area contributed by atoms with Crippen LogP contribution in [-0.2, 0) is 33.9 Å². The van der Waals surface area contributed by atoms with Gasteiger partial charge in [0.05, 0.1) is 45.2 Å². The van der Waals surface area contributed by atoms with Crippen molar-refractivity contribution in [2.75, 3.05) is 25.1 Å². The van der Waals surface area contributed by atoms with Crippen LogP contribution in [0, 0.1) is 5.82 Å². The Balaban J connectivity index is 1.26. The summed E-state index contributed by atoms with van der Waals surface area (Å²) >= 11 is 0. The second-order valence-corrected chi connectivity index (χ2v) is 12.5. The van der Waals surface area contributed by atoms with E-state index in [0.29, 0.717) is 29.1 Å². The molecule has 5 rings (SSSR count). The van der Waals surface area contributed by atoms with Crippen molar-refractivity contribution in [1.29, 1.82) is 0 Å². The highest BCUT2D eigenvalue weighted by atomic mass is 19.1. The van der Waals surface area contributed by atoms with Crippen molar-refractivity contribution in [3.05, 3.63) is 95.6 Å². The number of ether oxygens (including phenoxy) is 3. The van der Waals surface area contributed by atoms with Crippen molar-refractivity contribution in [3.8, 4) is 16.9 Å². The Kier molecular flexibility index (Phi) is 10.3. The lowest BCUT2D eigenvalue weighted by Gasteiger charge is -2.27. The van der Waals surface area contributed by atoms with Gasteiger partial charge < -0.3 is 19.5 Å². The Morgan fingerprint density at radius 1 is 1.04 bits per heavy atom. The third-order valence-corrected chi connectivity index (χ3v) is 7.45. The van der Waals surface area contributed by atoms with Crippen LogP contribution in [0.4, 0.5) is 19.7 Å². The molecule has 1 N–H and O–H groups in total. The second-order valence-electron chi connectivity index (χ2n) is 12.5. The first-order valence-corrected chi connectivity index (χ1v) is 15.5. The van der Waals surface area contributed by atoms with Crippen LogP contribution in [0.1, 0.15) is 44.5 Å². The molecule has 1 saturated heterocycles. The predicted octanol–water partition coefficient (Wildman–Crippen LogP) is 5.54. The summed E-state index contributed by atoms with van der Waals surface area (Å²) in [7, 11) is 1.62. The summed E-state index contributed by atoms with van der Waals surface area (Å²) in [6, 6.07) is 19.4. The summed E-state index contributed by atoms with van der Waals surface area (Å²) in [6.07, 6.45) is 0.166. The summed E-state index contributed by atoms with van der Waals surface area (Å²) in [5.74, 6) is 0.0311. The molecular formula is C35H39FN6O6. The zero-order chi connectivity index (χ0) is 34.4. The molecule has 252 valence electrons. The van der Waals surface area contributed by atoms with Gasteiger partial charge in [0.15, 0.2) is 0 Å². The van der Waals surface area contributed by atoms with Gasteiger partial charge in [0, 0.05) is 19.0 Å². The van der Waals surface area contributed by atoms with Crippen LogP contribution in [0.5, 0.6) is 5.75 Å². The van der Waals surface area contributed by atoms with E-state index in [1.807, 2.05) is 36.4 Å². The van der Waals surface area contributed by atoms with Gasteiger partial charge in [-0.1, -0.05) is 41.6 Å². The molecule has 3 amide bonds. The van der Waals surface area contributed by atoms with E-state index in [1.54, 1.807) is 67.9 Å². The van der Waals surface area contributed by atoms with E-state index in [-0.39, 0.29) is 32.1 Å². The average Bonchev–Trinajstić information content (AvgIpc) is 3.65. The van der Waals surface area contributed by atoms with E-state index in [1.165, 1.54) is 17.9 Å². The standard InChI is InChI=1S/C35H39FN6O6/c1-23(43)37-17-30-22-42(34(45)47-30)28-12-15-31(32(36)16-28)26-10-6-24(7-11-26)18-40(33(44)48-35(2,3)4)20-27-21-41(39-38-27)19-25-8-13-29(46-5)14-9-25/h6-16,21,30H,17-20,22H2,1-5H3,(H,37,43). The molecule has 1 unspecified atom stereocenters. The molecule has 12 nitrogen and oxygen atoms in total. The summed E-state index contributed by atoms with van der Waals surface area (Å²) in [5, 5.41) is 11.1. The van der Waals surface area contributed by atoms with Crippen molar-refractivity contribution >= 4 is 23.8 Å². The van der Waals surface area contributed by atoms with Gasteiger partial charge in [-0.05, 0) is 67.8 Å². The predicted molar refractivity (Wildman–Crippen MR) is 176 cm³/mol. The van der Waals surface area contributed by atoms with Crippen LogP contribution in [0.3, 0.4) is 0 Å². The highest BCUT2D eigenvalue weighted by Gasteiger charge is 2.33. The number of hydrogen-bond donors (Lipinski definition) is 1. The smallest absolute Gasteiger partial charge is 0.414 e. The Labute approximate surface area is 278 Å². The number of nitrogens with zero attached hydrogens (tertiary/aromatic N) is 5. The number of methoxy groups -OCH3 is 1. The number of hydrogen-bond acceptors (Lipinski definition) is 8. The molecule has 1 aliphatic heterocycles. The molecule has 13 heteroatoms. The Morgan fingerprint density at radius 3 is 2.40 bits per heavy atom. The van der Waals surface area contributed by atoms with E-state index in [2.05, 4.69) is 15.6 Å². The van der Waals surface area contributed by atoms with Gasteiger partial charge in [0.25, 0.3) is 0 Å². The Morgan fingerprint density at radius 2 is 1.75 bits per heavy atom. The Hall–Kier alpha value is -5.46. The van der Waals surface area contributed by atoms with Gasteiger partial charge in [0.2, 0.25) is 5.91 Å². The molecule has 48 heavy (non-hydrogen) atoms. The number of halogens is 1. The van der Waals surface area contributed by atoms with Crippen LogP contribution in [0.15, 0.2) is 72.9 Å². The van der Waals surface area contributed by atoms with E-state index >= 15 is 4.39 Å². The fraction of sp³-hybridized carbons (Fsp3) is 0.343. The van der Waals surface area contributed by atoms with Gasteiger partial charge in [-0.15, -0.1) is 5.10 Å². The van der Waals surface area contributed by atoms with Crippen molar-refractivity contribution < 1.29 is 33.0 Å². The van der Waals surface area contributed by atoms with Crippen LogP contribution in [0.25, 0.3) is 11.1 Å². The summed E-state index contributed by atoms with van der Waals surface area (Å²) in [6.45, 7) is 8.06. The summed E-state index contributed by atoms with van der Waals surface area (Å²) in [4.78, 5) is 39.7. The number of benzene rings is 3. The van der Waals surface area contributed by atoms with Crippen molar-refractivity contribution in [3.63, 3.8) is 0 Å². The van der Waals surface area contributed by atoms with E-state index < -0.39 is 29.7 Å². The molecule has 4 aromatic rings. The number of aromatic nitrogens is 3. The van der Waals surface area contributed by atoms with Crippen LogP contribution in [0.2, 0.25) is 0 Å². The second kappa shape index (κ2) is 14.5. The SMILES string of the molecule is COc1ccc(Cn2cc(CN(Cc3ccc(-c4ccc(N5CC(CNC(C)=O)OC5=O)cc4F)cc3)C(=O)OC(C)(C)C)nn2)cc1. The van der Waals surface area contributed by atoms with Crippen LogP contribution in [-0.4, -0.2) is 69.9 Å². The lowest BCUT2D eigenvalue weighted by Crippen LogP contribution is -2.36. The minimum atomic E-state index is -0.701. The third-order valence-electron chi connectivity index (χ3n) is 7.45. The maximum Gasteiger partial charge on any atom is 0.414 e. The number of amides is 3. The van der Waals surface area contributed by atoms with E-state index in [0.717, 1.165) is 16.9 Å². The minimum absolute atomic E-state index is 0.167. The molecule has 0 bridgehead atoms. The van der Waals surface area contributed by atoms with E-state index in [4.69, 9.17) is 14.2 Å². The van der Waals surface area contributed by atoms with E-state index in [9.17, 15) is 14.4 Å². The lowest BCUT2D eigenvalue weighted by molar-refractivity contribution is -0.119. The number of rotatable bonds is 11. The lowest BCUT2D eigenvalue weighted by atomic mass is 10.0. The fourth-order valence-corrected chi connectivity index (χ4v) is 5.13. The van der Waals surface area contributed by atoms with Crippen LogP contribution >= 0.6 is 0 Å². The number of nitrogens with one attached hydrogen (secondary N) is 1. The molecule has 0 saturated carbocycles. The molecule has 0 radical (unpaired) electrons. The molecular weight excluding hydrogens is 619 g/mol. The molecule has 0 aliphatic carbocycles. The number of anilines is 1. The first-order valence-electron chi connectivity index (χ1n) is 15.5. The monoisotopic (exact) mass is 658 g/mol. The van der Waals surface area contributed by atoms with Gasteiger partial charge in [-0.3, -0.25) is 14.6 Å². The van der Waals surface area contributed by atoms with Gasteiger partial charge in [-0.2, -0.15) is 0 Å². The first-order chi connectivity index (χ1) is 22.9. The quantitative estimate of drug-likeness (QED) is 0.223. The van der Waals surface area contributed by atoms with Gasteiger partial charge >= 0.3 is 12.2 Å². The van der Waals surface area contributed by atoms with Crippen molar-refractivity contribution in [1.82, 2.24) is 25.2 Å². The minimum Gasteiger partial charge on any atom is -0.497 e. The average molecular weight is 659 g/mol. The van der Waals surface area contributed by atoms with Gasteiger partial charge in [0.1, 0.15) is 29.0 Å². The molecule has 3 aromatic carbocycles. The number of carbonyl (C=O) groups excluding carboxylic acids is 3. The maximum absolute atomic E-state index is 15.3. The zero-order valence-corrected chi connectivity index (χ0v) is 27.6. The summed E-state index contributed by atoms with van der Waals surface area (Å²) < 4.78 is 33.2. The molecule has 1 atom stereocenters. The normalized spacial score (nSPS) is 14.4.